The van der Waals surface area contributed by atoms with Gasteiger partial charge in [0.2, 0.25) is 0 Å². The lowest BCUT2D eigenvalue weighted by atomic mass is 10.2. The van der Waals surface area contributed by atoms with Crippen molar-refractivity contribution in [2.24, 2.45) is 5.10 Å². The molecule has 3 nitrogen and oxygen atoms in total. The van der Waals surface area contributed by atoms with Gasteiger partial charge in [-0.3, -0.25) is 5.43 Å². The van der Waals surface area contributed by atoms with Gasteiger partial charge in [0.1, 0.15) is 0 Å². The molecule has 0 spiro atoms. The third kappa shape index (κ3) is 5.21. The zero-order chi connectivity index (χ0) is 17.7. The van der Waals surface area contributed by atoms with Gasteiger partial charge in [-0.2, -0.15) is 18.3 Å². The Bertz CT molecular complexity index is 758. The van der Waals surface area contributed by atoms with Crippen molar-refractivity contribution >= 4 is 40.8 Å². The van der Waals surface area contributed by atoms with E-state index in [1.165, 1.54) is 0 Å². The van der Waals surface area contributed by atoms with Gasteiger partial charge < -0.3 is 5.32 Å². The monoisotopic (exact) mass is 371 g/mol. The number of thiocarbonyl (C=S) groups is 1. The van der Waals surface area contributed by atoms with Gasteiger partial charge in [-0.05, 0) is 42.9 Å². The van der Waals surface area contributed by atoms with Crippen molar-refractivity contribution in [3.05, 3.63) is 64.2 Å². The van der Waals surface area contributed by atoms with Crippen LogP contribution in [0.5, 0.6) is 0 Å². The molecule has 0 amide bonds. The number of benzene rings is 2. The van der Waals surface area contributed by atoms with Crippen molar-refractivity contribution in [2.75, 3.05) is 5.32 Å². The summed E-state index contributed by atoms with van der Waals surface area (Å²) in [6, 6.07) is 10.6. The molecule has 0 aliphatic rings. The molecule has 0 aliphatic heterocycles. The van der Waals surface area contributed by atoms with Gasteiger partial charge in [0.25, 0.3) is 0 Å². The first-order valence-corrected chi connectivity index (χ1v) is 7.58. The molecule has 0 saturated heterocycles. The van der Waals surface area contributed by atoms with Crippen LogP contribution in [0.3, 0.4) is 0 Å². The van der Waals surface area contributed by atoms with Crippen molar-refractivity contribution in [1.82, 2.24) is 5.43 Å². The maximum atomic E-state index is 12.7. The molecule has 126 valence electrons. The van der Waals surface area contributed by atoms with Gasteiger partial charge >= 0.3 is 6.18 Å². The highest BCUT2D eigenvalue weighted by atomic mass is 35.5. The molecule has 0 bridgehead atoms. The highest BCUT2D eigenvalue weighted by Crippen LogP contribution is 2.33. The first-order chi connectivity index (χ1) is 11.3. The summed E-state index contributed by atoms with van der Waals surface area (Å²) in [4.78, 5) is 0. The fraction of sp³-hybridized carbons (Fsp3) is 0.125. The first kappa shape index (κ1) is 18.2. The molecule has 0 aliphatic carbocycles. The molecule has 2 N–H and O–H groups in total. The van der Waals surface area contributed by atoms with E-state index in [1.54, 1.807) is 6.21 Å². The number of nitrogens with zero attached hydrogens (tertiary/aromatic N) is 1. The van der Waals surface area contributed by atoms with Crippen LogP contribution >= 0.6 is 23.8 Å². The molecule has 0 heterocycles. The van der Waals surface area contributed by atoms with Gasteiger partial charge in [0.05, 0.1) is 22.5 Å². The molecule has 24 heavy (non-hydrogen) atoms. The van der Waals surface area contributed by atoms with Gasteiger partial charge in [-0.15, -0.1) is 0 Å². The summed E-state index contributed by atoms with van der Waals surface area (Å²) in [5.74, 6) is 0. The van der Waals surface area contributed by atoms with E-state index in [9.17, 15) is 13.2 Å². The summed E-state index contributed by atoms with van der Waals surface area (Å²) in [7, 11) is 0. The molecule has 0 aromatic heterocycles. The number of nitrogens with one attached hydrogen (secondary N) is 2. The van der Waals surface area contributed by atoms with E-state index < -0.39 is 11.7 Å². The van der Waals surface area contributed by atoms with E-state index >= 15 is 0 Å². The number of alkyl halides is 3. The van der Waals surface area contributed by atoms with Gasteiger partial charge in [-0.25, -0.2) is 0 Å². The van der Waals surface area contributed by atoms with Crippen LogP contribution in [-0.4, -0.2) is 11.3 Å². The van der Waals surface area contributed by atoms with Crippen LogP contribution in [0.15, 0.2) is 47.6 Å². The van der Waals surface area contributed by atoms with Crippen LogP contribution < -0.4 is 10.7 Å². The second-order valence-corrected chi connectivity index (χ2v) is 5.74. The average molecular weight is 372 g/mol. The van der Waals surface area contributed by atoms with Crippen LogP contribution in [0.4, 0.5) is 18.9 Å². The minimum atomic E-state index is -4.46. The number of rotatable bonds is 3. The molecule has 8 heteroatoms. The lowest BCUT2D eigenvalue weighted by molar-refractivity contribution is -0.137. The molecule has 2 rings (SSSR count). The molecule has 2 aromatic carbocycles. The molecule has 0 atom stereocenters. The van der Waals surface area contributed by atoms with E-state index in [1.807, 2.05) is 31.2 Å². The molecular weight excluding hydrogens is 359 g/mol. The Balaban J connectivity index is 2.00. The predicted octanol–water partition coefficient (Wildman–Crippen LogP) is 4.99. The summed E-state index contributed by atoms with van der Waals surface area (Å²) in [5, 5.41) is 6.66. The molecule has 0 unspecified atom stereocenters. The zero-order valence-electron chi connectivity index (χ0n) is 12.5. The lowest BCUT2D eigenvalue weighted by Gasteiger charge is -2.12. The second kappa shape index (κ2) is 7.63. The quantitative estimate of drug-likeness (QED) is 0.453. The smallest absolute Gasteiger partial charge is 0.330 e. The molecule has 2 aromatic rings. The van der Waals surface area contributed by atoms with Crippen LogP contribution in [0.25, 0.3) is 0 Å². The number of halogens is 4. The highest BCUT2D eigenvalue weighted by molar-refractivity contribution is 7.80. The summed E-state index contributed by atoms with van der Waals surface area (Å²) in [6.07, 6.45) is -2.92. The van der Waals surface area contributed by atoms with Gasteiger partial charge in [0, 0.05) is 0 Å². The van der Waals surface area contributed by atoms with Crippen LogP contribution in [-0.2, 0) is 6.18 Å². The van der Waals surface area contributed by atoms with E-state index in [2.05, 4.69) is 15.8 Å². The Morgan fingerprint density at radius 1 is 1.17 bits per heavy atom. The summed E-state index contributed by atoms with van der Waals surface area (Å²) >= 11 is 10.9. The topological polar surface area (TPSA) is 36.4 Å². The fourth-order valence-corrected chi connectivity index (χ4v) is 2.09. The van der Waals surface area contributed by atoms with Crippen molar-refractivity contribution in [2.45, 2.75) is 13.1 Å². The molecule has 0 saturated carbocycles. The van der Waals surface area contributed by atoms with Crippen molar-refractivity contribution in [3.63, 3.8) is 0 Å². The predicted molar refractivity (Wildman–Crippen MR) is 94.6 cm³/mol. The Kier molecular flexibility index (Phi) is 5.80. The van der Waals surface area contributed by atoms with E-state index in [0.717, 1.165) is 29.3 Å². The normalized spacial score (nSPS) is 11.5. The summed E-state index contributed by atoms with van der Waals surface area (Å²) < 4.78 is 38.1. The molecule has 0 fully saturated rings. The van der Waals surface area contributed by atoms with E-state index in [0.29, 0.717) is 0 Å². The minimum absolute atomic E-state index is 0.0274. The number of hydrogen-bond acceptors (Lipinski definition) is 2. The largest absolute Gasteiger partial charge is 0.416 e. The number of anilines is 1. The summed E-state index contributed by atoms with van der Waals surface area (Å²) in [5.41, 5.74) is 3.74. The van der Waals surface area contributed by atoms with Crippen LogP contribution in [0, 0.1) is 6.92 Å². The Hall–Kier alpha value is -2.12. The summed E-state index contributed by atoms with van der Waals surface area (Å²) in [6.45, 7) is 1.97. The fourth-order valence-electron chi connectivity index (χ4n) is 1.77. The average Bonchev–Trinajstić information content (AvgIpc) is 2.50. The minimum Gasteiger partial charge on any atom is -0.330 e. The highest BCUT2D eigenvalue weighted by Gasteiger charge is 2.31. The van der Waals surface area contributed by atoms with Crippen molar-refractivity contribution in [1.29, 1.82) is 0 Å². The Labute approximate surface area is 147 Å². The zero-order valence-corrected chi connectivity index (χ0v) is 14.1. The maximum absolute atomic E-state index is 12.7. The number of hydrazone groups is 1. The first-order valence-electron chi connectivity index (χ1n) is 6.79. The van der Waals surface area contributed by atoms with Crippen molar-refractivity contribution in [3.8, 4) is 0 Å². The van der Waals surface area contributed by atoms with E-state index in [-0.39, 0.29) is 15.8 Å². The number of hydrogen-bond donors (Lipinski definition) is 2. The Morgan fingerprint density at radius 3 is 2.46 bits per heavy atom. The van der Waals surface area contributed by atoms with Crippen molar-refractivity contribution < 1.29 is 13.2 Å². The second-order valence-electron chi connectivity index (χ2n) is 4.93. The van der Waals surface area contributed by atoms with Crippen LogP contribution in [0.1, 0.15) is 16.7 Å². The van der Waals surface area contributed by atoms with Gasteiger partial charge in [0.15, 0.2) is 5.11 Å². The number of aryl methyl sites for hydroxylation is 1. The van der Waals surface area contributed by atoms with Gasteiger partial charge in [-0.1, -0.05) is 41.4 Å². The SMILES string of the molecule is Cc1ccc(/C=N\NC(=S)Nc2cc(C(F)(F)F)ccc2Cl)cc1. The van der Waals surface area contributed by atoms with E-state index in [4.69, 9.17) is 23.8 Å². The Morgan fingerprint density at radius 2 is 1.83 bits per heavy atom. The third-order valence-corrected chi connectivity index (χ3v) is 3.52. The molecular formula is C16H13ClF3N3S. The standard InChI is InChI=1S/C16H13ClF3N3S/c1-10-2-4-11(5-3-10)9-21-23-15(24)22-14-8-12(16(18,19)20)6-7-13(14)17/h2-9H,1H3,(H2,22,23,24)/b21-9-. The molecule has 0 radical (unpaired) electrons. The third-order valence-electron chi connectivity index (χ3n) is 3.00. The van der Waals surface area contributed by atoms with Crippen LogP contribution in [0.2, 0.25) is 5.02 Å². The lowest BCUT2D eigenvalue weighted by Crippen LogP contribution is -2.24. The maximum Gasteiger partial charge on any atom is 0.416 e.